The van der Waals surface area contributed by atoms with Crippen molar-refractivity contribution in [3.05, 3.63) is 30.1 Å². The summed E-state index contributed by atoms with van der Waals surface area (Å²) in [6, 6.07) is 6.84. The molecule has 0 aliphatic carbocycles. The van der Waals surface area contributed by atoms with Crippen LogP contribution < -0.4 is 10.2 Å². The second-order valence-electron chi connectivity index (χ2n) is 5.79. The zero-order chi connectivity index (χ0) is 16.5. The van der Waals surface area contributed by atoms with Crippen LogP contribution in [0.25, 0.3) is 11.5 Å². The molecule has 124 valence electrons. The quantitative estimate of drug-likeness (QED) is 0.921. The van der Waals surface area contributed by atoms with Crippen molar-refractivity contribution in [1.82, 2.24) is 15.5 Å². The van der Waals surface area contributed by atoms with Gasteiger partial charge in [0.05, 0.1) is 17.9 Å². The number of hydrogen-bond donors (Lipinski definition) is 1. The van der Waals surface area contributed by atoms with Crippen LogP contribution in [0.4, 0.5) is 10.5 Å². The summed E-state index contributed by atoms with van der Waals surface area (Å²) in [5.74, 6) is 0.855. The molecule has 0 bridgehead atoms. The van der Waals surface area contributed by atoms with Gasteiger partial charge in [-0.05, 0) is 18.6 Å². The van der Waals surface area contributed by atoms with E-state index in [4.69, 9.17) is 9.26 Å². The third-order valence-corrected chi connectivity index (χ3v) is 4.22. The monoisotopic (exact) mass is 328 g/mol. The minimum atomic E-state index is -0.442. The summed E-state index contributed by atoms with van der Waals surface area (Å²) in [6.07, 6.45) is 1.13. The number of hydrogen-bond acceptors (Lipinski definition) is 6. The molecule has 1 atom stereocenters. The highest BCUT2D eigenvalue weighted by atomic mass is 16.5. The molecule has 3 amide bonds. The number of ether oxygens (including phenoxy) is 1. The third kappa shape index (κ3) is 2.65. The van der Waals surface area contributed by atoms with Crippen molar-refractivity contribution >= 4 is 17.6 Å². The highest BCUT2D eigenvalue weighted by molar-refractivity contribution is 6.07. The number of rotatable bonds is 3. The zero-order valence-corrected chi connectivity index (χ0v) is 12.9. The Morgan fingerprint density at radius 1 is 1.25 bits per heavy atom. The molecule has 2 aliphatic rings. The van der Waals surface area contributed by atoms with Crippen molar-refractivity contribution in [3.8, 4) is 11.5 Å². The average Bonchev–Trinajstić information content (AvgIpc) is 3.26. The van der Waals surface area contributed by atoms with Crippen molar-refractivity contribution in [2.24, 2.45) is 0 Å². The van der Waals surface area contributed by atoms with Gasteiger partial charge in [0.2, 0.25) is 5.91 Å². The Kier molecular flexibility index (Phi) is 3.73. The van der Waals surface area contributed by atoms with E-state index in [0.29, 0.717) is 42.7 Å². The highest BCUT2D eigenvalue weighted by Gasteiger charge is 2.28. The second kappa shape index (κ2) is 6.04. The Hall–Kier alpha value is -2.74. The first-order valence-corrected chi connectivity index (χ1v) is 7.84. The summed E-state index contributed by atoms with van der Waals surface area (Å²) < 4.78 is 10.8. The van der Waals surface area contributed by atoms with Crippen LogP contribution in [-0.2, 0) is 9.53 Å². The van der Waals surface area contributed by atoms with Crippen molar-refractivity contribution < 1.29 is 18.8 Å². The Balaban J connectivity index is 1.66. The molecule has 2 aromatic rings. The smallest absolute Gasteiger partial charge is 0.328 e. The molecule has 1 unspecified atom stereocenters. The number of nitrogens with one attached hydrogen (secondary N) is 1. The number of urea groups is 1. The van der Waals surface area contributed by atoms with Crippen LogP contribution in [0.15, 0.2) is 28.8 Å². The van der Waals surface area contributed by atoms with E-state index in [1.54, 1.807) is 6.07 Å². The van der Waals surface area contributed by atoms with Crippen LogP contribution in [0.5, 0.6) is 0 Å². The van der Waals surface area contributed by atoms with E-state index in [-0.39, 0.29) is 18.2 Å². The first-order valence-electron chi connectivity index (χ1n) is 7.84. The van der Waals surface area contributed by atoms with Gasteiger partial charge in [-0.3, -0.25) is 15.0 Å². The largest absolute Gasteiger partial charge is 0.381 e. The van der Waals surface area contributed by atoms with Crippen molar-refractivity contribution in [2.45, 2.75) is 18.8 Å². The van der Waals surface area contributed by atoms with E-state index >= 15 is 0 Å². The molecule has 1 aromatic carbocycles. The molecule has 8 nitrogen and oxygen atoms in total. The summed E-state index contributed by atoms with van der Waals surface area (Å²) in [5.41, 5.74) is 1.31. The second-order valence-corrected chi connectivity index (χ2v) is 5.79. The van der Waals surface area contributed by atoms with Gasteiger partial charge in [-0.2, -0.15) is 4.98 Å². The number of anilines is 1. The lowest BCUT2D eigenvalue weighted by Crippen LogP contribution is -2.49. The summed E-state index contributed by atoms with van der Waals surface area (Å²) in [5, 5.41) is 6.37. The number of para-hydroxylation sites is 1. The third-order valence-electron chi connectivity index (χ3n) is 4.22. The Labute approximate surface area is 137 Å². The molecule has 0 radical (unpaired) electrons. The van der Waals surface area contributed by atoms with Crippen molar-refractivity contribution in [1.29, 1.82) is 0 Å². The maximum absolute atomic E-state index is 12.1. The number of amides is 3. The van der Waals surface area contributed by atoms with Gasteiger partial charge in [-0.1, -0.05) is 17.3 Å². The molecule has 1 N–H and O–H groups in total. The van der Waals surface area contributed by atoms with E-state index in [0.717, 1.165) is 6.42 Å². The van der Waals surface area contributed by atoms with Gasteiger partial charge in [-0.25, -0.2) is 4.79 Å². The van der Waals surface area contributed by atoms with Gasteiger partial charge < -0.3 is 9.26 Å². The van der Waals surface area contributed by atoms with Gasteiger partial charge in [-0.15, -0.1) is 0 Å². The predicted molar refractivity (Wildman–Crippen MR) is 83.4 cm³/mol. The number of carbonyl (C=O) groups is 2. The minimum absolute atomic E-state index is 0.144. The maximum Gasteiger partial charge on any atom is 0.328 e. The molecule has 24 heavy (non-hydrogen) atoms. The predicted octanol–water partition coefficient (Wildman–Crippen LogP) is 1.69. The average molecular weight is 328 g/mol. The van der Waals surface area contributed by atoms with Gasteiger partial charge >= 0.3 is 6.03 Å². The SMILES string of the molecule is O=C1CCN(c2ccccc2-c2nc(C3CCOC3)no2)C(=O)N1. The zero-order valence-electron chi connectivity index (χ0n) is 12.9. The summed E-state index contributed by atoms with van der Waals surface area (Å²) >= 11 is 0. The molecular weight excluding hydrogens is 312 g/mol. The van der Waals surface area contributed by atoms with E-state index in [9.17, 15) is 9.59 Å². The van der Waals surface area contributed by atoms with E-state index in [1.165, 1.54) is 4.90 Å². The Bertz CT molecular complexity index is 782. The summed E-state index contributed by atoms with van der Waals surface area (Å²) in [7, 11) is 0. The van der Waals surface area contributed by atoms with Crippen LogP contribution in [0, 0.1) is 0 Å². The molecule has 1 aromatic heterocycles. The summed E-state index contributed by atoms with van der Waals surface area (Å²) in [6.45, 7) is 1.61. The molecule has 2 aliphatic heterocycles. The first kappa shape index (κ1) is 14.8. The van der Waals surface area contributed by atoms with E-state index in [2.05, 4.69) is 15.5 Å². The molecule has 2 fully saturated rings. The topological polar surface area (TPSA) is 97.6 Å². The molecule has 4 rings (SSSR count). The van der Waals surface area contributed by atoms with Gasteiger partial charge in [0, 0.05) is 25.5 Å². The standard InChI is InChI=1S/C16H16N4O4/c21-13-5-7-20(16(22)17-13)12-4-2-1-3-11(12)15-18-14(19-24-15)10-6-8-23-9-10/h1-4,10H,5-9H2,(H,17,21,22). The first-order chi connectivity index (χ1) is 11.7. The van der Waals surface area contributed by atoms with Crippen molar-refractivity contribution in [2.75, 3.05) is 24.7 Å². The van der Waals surface area contributed by atoms with Gasteiger partial charge in [0.15, 0.2) is 5.82 Å². The lowest BCUT2D eigenvalue weighted by molar-refractivity contribution is -0.120. The van der Waals surface area contributed by atoms with Crippen LogP contribution >= 0.6 is 0 Å². The van der Waals surface area contributed by atoms with Gasteiger partial charge in [0.1, 0.15) is 0 Å². The van der Waals surface area contributed by atoms with Gasteiger partial charge in [0.25, 0.3) is 5.89 Å². The van der Waals surface area contributed by atoms with Crippen LogP contribution in [-0.4, -0.2) is 41.8 Å². The molecule has 3 heterocycles. The number of nitrogens with zero attached hydrogens (tertiary/aromatic N) is 3. The lowest BCUT2D eigenvalue weighted by atomic mass is 10.1. The van der Waals surface area contributed by atoms with Crippen LogP contribution in [0.3, 0.4) is 0 Å². The Morgan fingerprint density at radius 2 is 2.12 bits per heavy atom. The molecular formula is C16H16N4O4. The molecule has 2 saturated heterocycles. The van der Waals surface area contributed by atoms with E-state index < -0.39 is 6.03 Å². The minimum Gasteiger partial charge on any atom is -0.381 e. The molecule has 8 heteroatoms. The fourth-order valence-corrected chi connectivity index (χ4v) is 2.93. The number of carbonyl (C=O) groups excluding carboxylic acids is 2. The fraction of sp³-hybridized carbons (Fsp3) is 0.375. The fourth-order valence-electron chi connectivity index (χ4n) is 2.93. The highest BCUT2D eigenvalue weighted by Crippen LogP contribution is 2.32. The number of imide groups is 1. The Morgan fingerprint density at radius 3 is 2.92 bits per heavy atom. The summed E-state index contributed by atoms with van der Waals surface area (Å²) in [4.78, 5) is 29.4. The lowest BCUT2D eigenvalue weighted by Gasteiger charge is -2.27. The van der Waals surface area contributed by atoms with Crippen LogP contribution in [0.1, 0.15) is 24.6 Å². The van der Waals surface area contributed by atoms with E-state index in [1.807, 2.05) is 18.2 Å². The molecule has 0 spiro atoms. The van der Waals surface area contributed by atoms with Crippen molar-refractivity contribution in [3.63, 3.8) is 0 Å². The van der Waals surface area contributed by atoms with Crippen LogP contribution in [0.2, 0.25) is 0 Å². The maximum atomic E-state index is 12.1. The normalized spacial score (nSPS) is 21.2. The number of aromatic nitrogens is 2. The molecule has 0 saturated carbocycles. The number of benzene rings is 1.